The molecule has 7 rings (SSSR count). The number of imide groups is 1. The van der Waals surface area contributed by atoms with Crippen LogP contribution in [0.5, 0.6) is 0 Å². The summed E-state index contributed by atoms with van der Waals surface area (Å²) in [7, 11) is 0. The predicted octanol–water partition coefficient (Wildman–Crippen LogP) is 3.67. The Labute approximate surface area is 228 Å². The minimum atomic E-state index is -1.24. The number of nitrogens with one attached hydrogen (secondary N) is 1. The zero-order valence-corrected chi connectivity index (χ0v) is 21.8. The molecule has 0 bridgehead atoms. The molecule has 2 saturated heterocycles. The number of aromatic nitrogens is 2. The summed E-state index contributed by atoms with van der Waals surface area (Å²) in [6.45, 7) is 4.10. The summed E-state index contributed by atoms with van der Waals surface area (Å²) < 4.78 is 1.56. The van der Waals surface area contributed by atoms with E-state index in [-0.39, 0.29) is 22.9 Å². The number of nitrogens with zero attached hydrogens (tertiary/aromatic N) is 4. The predicted molar refractivity (Wildman–Crippen MR) is 147 cm³/mol. The van der Waals surface area contributed by atoms with Gasteiger partial charge < -0.3 is 0 Å². The number of carbonyl (C=O) groups is 2. The van der Waals surface area contributed by atoms with Crippen molar-refractivity contribution in [3.05, 3.63) is 105 Å². The number of rotatable bonds is 4. The number of non-ortho nitro benzene ring substituents is 1. The van der Waals surface area contributed by atoms with Gasteiger partial charge in [0, 0.05) is 23.7 Å². The normalized spacial score (nSPS) is 24.7. The standard InChI is InChI=1S/C30H25N5O5/c1-16(2)14-22-24-25(28(38)33(27(24)37)17-8-7-9-18(15-17)35(39)40)30(32-22)20-11-4-6-13-23(20)34-26(36)19-10-3-5-12-21(19)31-29(30)34/h3-13,15-16,22,24-25,32H,14H2,1-2H3/t22-,24-,25+,30-/m0/s1. The average Bonchev–Trinajstić information content (AvgIpc) is 3.51. The van der Waals surface area contributed by atoms with Crippen molar-refractivity contribution < 1.29 is 14.5 Å². The Balaban J connectivity index is 1.50. The maximum atomic E-state index is 14.4. The number of amides is 2. The molecule has 4 aromatic rings. The van der Waals surface area contributed by atoms with Crippen molar-refractivity contribution >= 4 is 34.1 Å². The van der Waals surface area contributed by atoms with Crippen molar-refractivity contribution in [2.45, 2.75) is 31.8 Å². The molecule has 10 heteroatoms. The molecular weight excluding hydrogens is 510 g/mol. The first kappa shape index (κ1) is 24.3. The fourth-order valence-corrected chi connectivity index (χ4v) is 6.93. The molecule has 1 spiro atoms. The van der Waals surface area contributed by atoms with Gasteiger partial charge in [-0.25, -0.2) is 9.88 Å². The molecule has 0 unspecified atom stereocenters. The van der Waals surface area contributed by atoms with E-state index >= 15 is 0 Å². The molecule has 2 fully saturated rings. The molecule has 1 N–H and O–H groups in total. The first-order valence-electron chi connectivity index (χ1n) is 13.3. The Morgan fingerprint density at radius 2 is 1.75 bits per heavy atom. The van der Waals surface area contributed by atoms with Gasteiger partial charge in [0.15, 0.2) is 0 Å². The summed E-state index contributed by atoms with van der Waals surface area (Å²) >= 11 is 0. The highest BCUT2D eigenvalue weighted by Gasteiger charge is 2.69. The van der Waals surface area contributed by atoms with Gasteiger partial charge in [-0.3, -0.25) is 34.4 Å². The first-order valence-corrected chi connectivity index (χ1v) is 13.3. The Morgan fingerprint density at radius 3 is 2.52 bits per heavy atom. The molecule has 3 aromatic carbocycles. The van der Waals surface area contributed by atoms with Crippen LogP contribution in [0.3, 0.4) is 0 Å². The summed E-state index contributed by atoms with van der Waals surface area (Å²) in [4.78, 5) is 59.4. The van der Waals surface area contributed by atoms with Gasteiger partial charge >= 0.3 is 0 Å². The Bertz CT molecular complexity index is 1830. The Morgan fingerprint density at radius 1 is 1.00 bits per heavy atom. The molecule has 0 aliphatic carbocycles. The van der Waals surface area contributed by atoms with Crippen LogP contribution in [0.4, 0.5) is 11.4 Å². The number of hydrogen-bond acceptors (Lipinski definition) is 7. The van der Waals surface area contributed by atoms with E-state index in [9.17, 15) is 24.5 Å². The molecule has 4 atom stereocenters. The molecule has 40 heavy (non-hydrogen) atoms. The largest absolute Gasteiger partial charge is 0.297 e. The van der Waals surface area contributed by atoms with Crippen LogP contribution < -0.4 is 15.8 Å². The zero-order chi connectivity index (χ0) is 27.9. The van der Waals surface area contributed by atoms with Crippen LogP contribution in [0.25, 0.3) is 16.6 Å². The highest BCUT2D eigenvalue weighted by molar-refractivity contribution is 6.23. The molecule has 2 amide bonds. The number of anilines is 1. The smallest absolute Gasteiger partial charge is 0.271 e. The number of hydrogen-bond donors (Lipinski definition) is 1. The van der Waals surface area contributed by atoms with Crippen LogP contribution in [0, 0.1) is 27.9 Å². The Hall–Kier alpha value is -4.70. The molecule has 0 radical (unpaired) electrons. The molecular formula is C30H25N5O5. The quantitative estimate of drug-likeness (QED) is 0.240. The van der Waals surface area contributed by atoms with Gasteiger partial charge in [-0.15, -0.1) is 0 Å². The SMILES string of the molecule is CC(C)C[C@@H]1N[C@@]2(c3ccccc3-n3c2nc2ccccc2c3=O)[C@H]2C(=O)N(c3cccc([N+](=O)[O-])c3)C(=O)[C@@H]12. The van der Waals surface area contributed by atoms with E-state index in [1.807, 2.05) is 38.1 Å². The van der Waals surface area contributed by atoms with E-state index in [0.29, 0.717) is 34.4 Å². The van der Waals surface area contributed by atoms with Gasteiger partial charge in [-0.2, -0.15) is 0 Å². The molecule has 3 aliphatic rings. The third-order valence-electron chi connectivity index (χ3n) is 8.39. The van der Waals surface area contributed by atoms with Crippen LogP contribution in [0.15, 0.2) is 77.6 Å². The monoisotopic (exact) mass is 535 g/mol. The third-order valence-corrected chi connectivity index (χ3v) is 8.39. The molecule has 4 heterocycles. The summed E-state index contributed by atoms with van der Waals surface area (Å²) in [6, 6.07) is 19.7. The van der Waals surface area contributed by atoms with Gasteiger partial charge in [0.25, 0.3) is 11.2 Å². The van der Waals surface area contributed by atoms with Gasteiger partial charge in [0.05, 0.1) is 39.0 Å². The van der Waals surface area contributed by atoms with Crippen LogP contribution in [0.2, 0.25) is 0 Å². The second-order valence-electron chi connectivity index (χ2n) is 11.1. The zero-order valence-electron chi connectivity index (χ0n) is 21.8. The molecule has 3 aliphatic heterocycles. The Kier molecular flexibility index (Phi) is 5.11. The summed E-state index contributed by atoms with van der Waals surface area (Å²) in [5, 5.41) is 15.6. The second kappa shape index (κ2) is 8.40. The maximum Gasteiger partial charge on any atom is 0.271 e. The highest BCUT2D eigenvalue weighted by Crippen LogP contribution is 2.56. The molecule has 1 aromatic heterocycles. The third kappa shape index (κ3) is 3.07. The number of fused-ring (bicyclic) bond motifs is 8. The number of para-hydroxylation sites is 2. The number of nitro benzene ring substituents is 1. The van der Waals surface area contributed by atoms with Gasteiger partial charge in [0.2, 0.25) is 11.8 Å². The van der Waals surface area contributed by atoms with Crippen molar-refractivity contribution in [3.8, 4) is 5.69 Å². The molecule has 10 nitrogen and oxygen atoms in total. The lowest BCUT2D eigenvalue weighted by Gasteiger charge is -2.32. The van der Waals surface area contributed by atoms with Crippen molar-refractivity contribution in [2.75, 3.05) is 4.90 Å². The van der Waals surface area contributed by atoms with Crippen molar-refractivity contribution in [1.29, 1.82) is 0 Å². The van der Waals surface area contributed by atoms with Crippen LogP contribution in [-0.4, -0.2) is 32.3 Å². The molecule has 0 saturated carbocycles. The lowest BCUT2D eigenvalue weighted by atomic mass is 9.75. The summed E-state index contributed by atoms with van der Waals surface area (Å²) in [6.07, 6.45) is 0.602. The fraction of sp³-hybridized carbons (Fsp3) is 0.267. The van der Waals surface area contributed by atoms with Crippen molar-refractivity contribution in [1.82, 2.24) is 14.9 Å². The van der Waals surface area contributed by atoms with E-state index in [2.05, 4.69) is 5.32 Å². The highest BCUT2D eigenvalue weighted by atomic mass is 16.6. The van der Waals surface area contributed by atoms with Crippen LogP contribution >= 0.6 is 0 Å². The van der Waals surface area contributed by atoms with Gasteiger partial charge in [-0.1, -0.05) is 50.2 Å². The first-order chi connectivity index (χ1) is 19.2. The van der Waals surface area contributed by atoms with E-state index < -0.39 is 40.2 Å². The lowest BCUT2D eigenvalue weighted by Crippen LogP contribution is -2.50. The van der Waals surface area contributed by atoms with Gasteiger partial charge in [0.1, 0.15) is 11.4 Å². The number of benzene rings is 3. The van der Waals surface area contributed by atoms with Crippen molar-refractivity contribution in [2.24, 2.45) is 17.8 Å². The van der Waals surface area contributed by atoms with Crippen molar-refractivity contribution in [3.63, 3.8) is 0 Å². The van der Waals surface area contributed by atoms with Crippen LogP contribution in [-0.2, 0) is 15.1 Å². The summed E-state index contributed by atoms with van der Waals surface area (Å²) in [5.74, 6) is -1.97. The van der Waals surface area contributed by atoms with Gasteiger partial charge in [-0.05, 0) is 36.6 Å². The molecule has 200 valence electrons. The fourth-order valence-electron chi connectivity index (χ4n) is 6.93. The number of carbonyl (C=O) groups excluding carboxylic acids is 2. The number of nitro groups is 1. The lowest BCUT2D eigenvalue weighted by molar-refractivity contribution is -0.384. The minimum absolute atomic E-state index is 0.159. The topological polar surface area (TPSA) is 127 Å². The average molecular weight is 536 g/mol. The van der Waals surface area contributed by atoms with E-state index in [1.54, 1.807) is 28.8 Å². The van der Waals surface area contributed by atoms with E-state index in [0.717, 1.165) is 4.90 Å². The van der Waals surface area contributed by atoms with E-state index in [4.69, 9.17) is 4.98 Å². The van der Waals surface area contributed by atoms with E-state index in [1.165, 1.54) is 24.3 Å². The minimum Gasteiger partial charge on any atom is -0.297 e. The van der Waals surface area contributed by atoms with Crippen LogP contribution in [0.1, 0.15) is 31.7 Å². The second-order valence-corrected chi connectivity index (χ2v) is 11.1. The maximum absolute atomic E-state index is 14.4. The summed E-state index contributed by atoms with van der Waals surface area (Å²) in [5.41, 5.74) is 0.285.